The number of amides is 1. The second kappa shape index (κ2) is 9.11. The van der Waals surface area contributed by atoms with Gasteiger partial charge in [0.1, 0.15) is 17.7 Å². The van der Waals surface area contributed by atoms with Crippen LogP contribution < -0.4 is 20.4 Å². The van der Waals surface area contributed by atoms with Gasteiger partial charge in [0.05, 0.1) is 17.4 Å². The number of anilines is 4. The van der Waals surface area contributed by atoms with Crippen LogP contribution in [-0.2, 0) is 4.79 Å². The molecule has 1 amide bonds. The van der Waals surface area contributed by atoms with Gasteiger partial charge in [0.15, 0.2) is 0 Å². The van der Waals surface area contributed by atoms with Crippen molar-refractivity contribution in [3.63, 3.8) is 0 Å². The van der Waals surface area contributed by atoms with Crippen LogP contribution in [0, 0.1) is 0 Å². The molecule has 2 saturated heterocycles. The average molecular weight is 475 g/mol. The number of rotatable bonds is 5. The van der Waals surface area contributed by atoms with E-state index in [9.17, 15) is 4.79 Å². The van der Waals surface area contributed by atoms with E-state index in [1.54, 1.807) is 0 Å². The zero-order chi connectivity index (χ0) is 23.8. The fourth-order valence-electron chi connectivity index (χ4n) is 6.09. The van der Waals surface area contributed by atoms with Gasteiger partial charge in [-0.05, 0) is 37.9 Å². The van der Waals surface area contributed by atoms with Gasteiger partial charge in [0.25, 0.3) is 0 Å². The molecule has 0 aromatic carbocycles. The van der Waals surface area contributed by atoms with Gasteiger partial charge < -0.3 is 20.4 Å². The Morgan fingerprint density at radius 3 is 2.69 bits per heavy atom. The maximum absolute atomic E-state index is 12.7. The molecule has 6 rings (SSSR count). The lowest BCUT2D eigenvalue weighted by molar-refractivity contribution is -0.123. The first-order chi connectivity index (χ1) is 17.1. The molecular weight excluding hydrogens is 440 g/mol. The third kappa shape index (κ3) is 4.11. The summed E-state index contributed by atoms with van der Waals surface area (Å²) in [4.78, 5) is 34.0. The van der Waals surface area contributed by atoms with Crippen LogP contribution in [0.15, 0.2) is 30.6 Å². The quantitative estimate of drug-likeness (QED) is 0.684. The number of carbonyl (C=O) groups is 1. The van der Waals surface area contributed by atoms with Crippen molar-refractivity contribution >= 4 is 35.3 Å². The molecule has 2 aromatic heterocycles. The van der Waals surface area contributed by atoms with E-state index < -0.39 is 0 Å². The van der Waals surface area contributed by atoms with Crippen LogP contribution >= 0.6 is 0 Å². The van der Waals surface area contributed by atoms with Crippen LogP contribution in [0.4, 0.5) is 23.3 Å². The molecule has 1 atom stereocenters. The molecule has 2 aromatic rings. The fraction of sp³-hybridized carbons (Fsp3) is 0.538. The predicted octanol–water partition coefficient (Wildman–Crippen LogP) is 2.79. The molecule has 3 aliphatic heterocycles. The zero-order valence-corrected chi connectivity index (χ0v) is 20.4. The SMILES string of the molecule is CCCN1CCN(c2ccc(Nc3ncc4c(n3)N3C(C=C4)C(=O)NCC34CCCC4)nc2)CC1. The van der Waals surface area contributed by atoms with Gasteiger partial charge >= 0.3 is 0 Å². The molecule has 1 unspecified atom stereocenters. The Bertz CT molecular complexity index is 1100. The number of fused-ring (bicyclic) bond motifs is 4. The molecule has 0 radical (unpaired) electrons. The van der Waals surface area contributed by atoms with Crippen molar-refractivity contribution in [1.82, 2.24) is 25.2 Å². The molecule has 9 heteroatoms. The lowest BCUT2D eigenvalue weighted by atomic mass is 9.87. The highest BCUT2D eigenvalue weighted by molar-refractivity contribution is 5.93. The highest BCUT2D eigenvalue weighted by atomic mass is 16.2. The summed E-state index contributed by atoms with van der Waals surface area (Å²) in [6.45, 7) is 8.35. The first kappa shape index (κ1) is 22.3. The van der Waals surface area contributed by atoms with E-state index in [2.05, 4.69) is 48.3 Å². The van der Waals surface area contributed by atoms with Crippen molar-refractivity contribution < 1.29 is 4.79 Å². The lowest BCUT2D eigenvalue weighted by Gasteiger charge is -2.50. The topological polar surface area (TPSA) is 89.5 Å². The molecule has 1 spiro atoms. The Hall–Kier alpha value is -3.20. The second-order valence-electron chi connectivity index (χ2n) is 10.2. The van der Waals surface area contributed by atoms with Crippen molar-refractivity contribution in [2.24, 2.45) is 0 Å². The summed E-state index contributed by atoms with van der Waals surface area (Å²) in [5, 5.41) is 6.41. The Balaban J connectivity index is 1.20. The van der Waals surface area contributed by atoms with Gasteiger partial charge in [0.2, 0.25) is 11.9 Å². The van der Waals surface area contributed by atoms with Gasteiger partial charge in [-0.2, -0.15) is 4.98 Å². The Morgan fingerprint density at radius 2 is 1.94 bits per heavy atom. The number of hydrogen-bond donors (Lipinski definition) is 2. The molecule has 2 N–H and O–H groups in total. The highest BCUT2D eigenvalue weighted by Crippen LogP contribution is 2.43. The van der Waals surface area contributed by atoms with E-state index in [1.807, 2.05) is 30.6 Å². The lowest BCUT2D eigenvalue weighted by Crippen LogP contribution is -2.67. The summed E-state index contributed by atoms with van der Waals surface area (Å²) in [5.41, 5.74) is 2.04. The predicted molar refractivity (Wildman–Crippen MR) is 138 cm³/mol. The maximum atomic E-state index is 12.7. The van der Waals surface area contributed by atoms with E-state index in [1.165, 1.54) is 25.8 Å². The first-order valence-corrected chi connectivity index (χ1v) is 13.0. The summed E-state index contributed by atoms with van der Waals surface area (Å²) in [6.07, 6.45) is 13.4. The Morgan fingerprint density at radius 1 is 1.11 bits per heavy atom. The molecule has 4 aliphatic rings. The largest absolute Gasteiger partial charge is 0.368 e. The van der Waals surface area contributed by atoms with Gasteiger partial charge in [-0.1, -0.05) is 31.9 Å². The summed E-state index contributed by atoms with van der Waals surface area (Å²) in [7, 11) is 0. The summed E-state index contributed by atoms with van der Waals surface area (Å²) < 4.78 is 0. The standard InChI is InChI=1S/C26H34N8O/c1-2-11-32-12-14-33(15-13-32)20-6-8-22(27-17-20)30-25-28-16-19-5-7-21-24(35)29-18-26(9-3-4-10-26)34(21)23(19)31-25/h5-8,16-17,21H,2-4,9-15,18H2,1H3,(H,29,35)(H,27,28,30,31). The van der Waals surface area contributed by atoms with E-state index in [0.717, 1.165) is 56.1 Å². The number of aromatic nitrogens is 3. The van der Waals surface area contributed by atoms with Crippen LogP contribution in [0.2, 0.25) is 0 Å². The Labute approximate surface area is 206 Å². The highest BCUT2D eigenvalue weighted by Gasteiger charge is 2.50. The molecular formula is C26H34N8O. The zero-order valence-electron chi connectivity index (χ0n) is 20.4. The van der Waals surface area contributed by atoms with Gasteiger partial charge in [-0.15, -0.1) is 0 Å². The molecule has 0 bridgehead atoms. The fourth-order valence-corrected chi connectivity index (χ4v) is 6.09. The van der Waals surface area contributed by atoms with Crippen LogP contribution in [-0.4, -0.2) is 76.6 Å². The number of hydrogen-bond acceptors (Lipinski definition) is 8. The van der Waals surface area contributed by atoms with Crippen molar-refractivity contribution in [3.05, 3.63) is 36.2 Å². The summed E-state index contributed by atoms with van der Waals surface area (Å²) in [6, 6.07) is 3.80. The Kier molecular flexibility index (Phi) is 5.80. The molecule has 5 heterocycles. The first-order valence-electron chi connectivity index (χ1n) is 13.0. The van der Waals surface area contributed by atoms with Crippen LogP contribution in [0.1, 0.15) is 44.6 Å². The van der Waals surface area contributed by atoms with Crippen molar-refractivity contribution in [2.75, 3.05) is 54.4 Å². The maximum Gasteiger partial charge on any atom is 0.246 e. The molecule has 184 valence electrons. The molecule has 1 aliphatic carbocycles. The van der Waals surface area contributed by atoms with Gasteiger partial charge in [-0.25, -0.2) is 9.97 Å². The molecule has 35 heavy (non-hydrogen) atoms. The van der Waals surface area contributed by atoms with Gasteiger partial charge in [-0.3, -0.25) is 9.69 Å². The van der Waals surface area contributed by atoms with Crippen molar-refractivity contribution in [1.29, 1.82) is 0 Å². The van der Waals surface area contributed by atoms with E-state index in [4.69, 9.17) is 4.98 Å². The number of carbonyl (C=O) groups excluding carboxylic acids is 1. The number of piperazine rings is 2. The number of nitrogens with one attached hydrogen (secondary N) is 2. The van der Waals surface area contributed by atoms with Crippen LogP contribution in [0.3, 0.4) is 0 Å². The van der Waals surface area contributed by atoms with E-state index in [0.29, 0.717) is 18.3 Å². The van der Waals surface area contributed by atoms with Crippen LogP contribution in [0.5, 0.6) is 0 Å². The number of pyridine rings is 1. The third-order valence-electron chi connectivity index (χ3n) is 7.93. The van der Waals surface area contributed by atoms with E-state index in [-0.39, 0.29) is 17.5 Å². The van der Waals surface area contributed by atoms with E-state index >= 15 is 0 Å². The average Bonchev–Trinajstić information content (AvgIpc) is 3.36. The minimum atomic E-state index is -0.313. The smallest absolute Gasteiger partial charge is 0.246 e. The van der Waals surface area contributed by atoms with Crippen LogP contribution in [0.25, 0.3) is 6.08 Å². The summed E-state index contributed by atoms with van der Waals surface area (Å²) in [5.74, 6) is 2.11. The second-order valence-corrected chi connectivity index (χ2v) is 10.2. The third-order valence-corrected chi connectivity index (χ3v) is 7.93. The van der Waals surface area contributed by atoms with Crippen molar-refractivity contribution in [3.8, 4) is 0 Å². The minimum Gasteiger partial charge on any atom is -0.368 e. The monoisotopic (exact) mass is 474 g/mol. The van der Waals surface area contributed by atoms with Gasteiger partial charge in [0, 0.05) is 44.5 Å². The summed E-state index contributed by atoms with van der Waals surface area (Å²) >= 11 is 0. The normalized spacial score (nSPS) is 23.2. The molecule has 9 nitrogen and oxygen atoms in total. The molecule has 3 fully saturated rings. The molecule has 1 saturated carbocycles. The minimum absolute atomic E-state index is 0.0466. The van der Waals surface area contributed by atoms with Crippen molar-refractivity contribution in [2.45, 2.75) is 50.6 Å². The number of nitrogens with zero attached hydrogens (tertiary/aromatic N) is 6.